The Kier molecular flexibility index (Phi) is 8.10. The molecule has 4 nitrogen and oxygen atoms in total. The van der Waals surface area contributed by atoms with E-state index in [0.717, 1.165) is 24.7 Å². The van der Waals surface area contributed by atoms with Gasteiger partial charge in [0.15, 0.2) is 0 Å². The van der Waals surface area contributed by atoms with Crippen LogP contribution in [0.5, 0.6) is 0 Å². The average Bonchev–Trinajstić information content (AvgIpc) is 2.46. The zero-order valence-corrected chi connectivity index (χ0v) is 14.9. The first-order valence-corrected chi connectivity index (χ1v) is 8.36. The maximum Gasteiger partial charge on any atom is 0.410 e. The minimum atomic E-state index is -0.525. The molecule has 1 aromatic rings. The lowest BCUT2D eigenvalue weighted by atomic mass is 10.1. The summed E-state index contributed by atoms with van der Waals surface area (Å²) in [4.78, 5) is 24.4. The molecule has 0 saturated heterocycles. The number of carbonyl (C=O) groups excluding carboxylic acids is 2. The number of hydrogen-bond donors (Lipinski definition) is 0. The number of benzene rings is 1. The molecule has 5 heteroatoms. The number of nitrogens with zero attached hydrogens (tertiary/aromatic N) is 1. The number of carbonyl (C=O) groups is 2. The predicted octanol–water partition coefficient (Wildman–Crippen LogP) is 4.49. The van der Waals surface area contributed by atoms with Gasteiger partial charge in [0.25, 0.3) is 0 Å². The van der Waals surface area contributed by atoms with Gasteiger partial charge in [0.05, 0.1) is 0 Å². The molecule has 0 bridgehead atoms. The minimum Gasteiger partial charge on any atom is -0.444 e. The Morgan fingerprint density at radius 2 is 1.91 bits per heavy atom. The second-order valence-corrected chi connectivity index (χ2v) is 6.88. The van der Waals surface area contributed by atoms with Crippen LogP contribution in [-0.4, -0.2) is 36.0 Å². The van der Waals surface area contributed by atoms with Gasteiger partial charge in [-0.3, -0.25) is 0 Å². The van der Waals surface area contributed by atoms with E-state index in [1.54, 1.807) is 4.90 Å². The predicted molar refractivity (Wildman–Crippen MR) is 92.9 cm³/mol. The van der Waals surface area contributed by atoms with Crippen molar-refractivity contribution in [3.63, 3.8) is 0 Å². The Morgan fingerprint density at radius 1 is 1.22 bits per heavy atom. The van der Waals surface area contributed by atoms with Crippen LogP contribution < -0.4 is 0 Å². The van der Waals surface area contributed by atoms with Gasteiger partial charge in [-0.1, -0.05) is 29.8 Å². The summed E-state index contributed by atoms with van der Waals surface area (Å²) < 4.78 is 5.46. The number of rotatable bonds is 8. The molecule has 0 aliphatic heterocycles. The van der Waals surface area contributed by atoms with E-state index in [-0.39, 0.29) is 6.09 Å². The molecule has 0 heterocycles. The molecular formula is C18H26ClNO3. The lowest BCUT2D eigenvalue weighted by molar-refractivity contribution is -0.107. The van der Waals surface area contributed by atoms with E-state index in [0.29, 0.717) is 31.0 Å². The van der Waals surface area contributed by atoms with Crippen molar-refractivity contribution in [1.29, 1.82) is 0 Å². The Balaban J connectivity index is 2.64. The van der Waals surface area contributed by atoms with Crippen LogP contribution in [0.25, 0.3) is 0 Å². The molecule has 23 heavy (non-hydrogen) atoms. The van der Waals surface area contributed by atoms with Crippen LogP contribution in [0.4, 0.5) is 4.79 Å². The molecule has 0 spiro atoms. The van der Waals surface area contributed by atoms with Crippen LogP contribution in [0.15, 0.2) is 24.3 Å². The zero-order chi connectivity index (χ0) is 17.3. The smallest absolute Gasteiger partial charge is 0.410 e. The highest BCUT2D eigenvalue weighted by atomic mass is 35.5. The van der Waals surface area contributed by atoms with Crippen LogP contribution in [0, 0.1) is 0 Å². The molecule has 0 fully saturated rings. The Labute approximate surface area is 143 Å². The lowest BCUT2D eigenvalue weighted by Gasteiger charge is -2.27. The second-order valence-electron chi connectivity index (χ2n) is 6.47. The molecule has 0 aliphatic carbocycles. The standard InChI is InChI=1S/C18H26ClNO3/c1-18(2,3)23-17(22)20(12-7-4-8-14-21)13-11-15-9-5-6-10-16(15)19/h5-6,9-10,14H,4,7-8,11-13H2,1-3H3. The fourth-order valence-corrected chi connectivity index (χ4v) is 2.34. The van der Waals surface area contributed by atoms with Gasteiger partial charge in [-0.2, -0.15) is 0 Å². The van der Waals surface area contributed by atoms with Crippen molar-refractivity contribution < 1.29 is 14.3 Å². The first kappa shape index (κ1) is 19.5. The Hall–Kier alpha value is -1.55. The van der Waals surface area contributed by atoms with Crippen LogP contribution >= 0.6 is 11.6 Å². The van der Waals surface area contributed by atoms with Crippen molar-refractivity contribution in [3.05, 3.63) is 34.9 Å². The maximum atomic E-state index is 12.3. The molecule has 0 saturated carbocycles. The molecule has 128 valence electrons. The van der Waals surface area contributed by atoms with E-state index >= 15 is 0 Å². The van der Waals surface area contributed by atoms with Crippen LogP contribution in [0.3, 0.4) is 0 Å². The SMILES string of the molecule is CC(C)(C)OC(=O)N(CCCCC=O)CCc1ccccc1Cl. The first-order valence-electron chi connectivity index (χ1n) is 7.98. The Bertz CT molecular complexity index is 511. The highest BCUT2D eigenvalue weighted by molar-refractivity contribution is 6.31. The molecule has 0 radical (unpaired) electrons. The summed E-state index contributed by atoms with van der Waals surface area (Å²) in [5.74, 6) is 0. The fourth-order valence-electron chi connectivity index (χ4n) is 2.11. The Morgan fingerprint density at radius 3 is 2.52 bits per heavy atom. The molecule has 1 rings (SSSR count). The van der Waals surface area contributed by atoms with Gasteiger partial charge < -0.3 is 14.4 Å². The largest absolute Gasteiger partial charge is 0.444 e. The number of halogens is 1. The molecule has 1 aromatic carbocycles. The molecule has 0 atom stereocenters. The van der Waals surface area contributed by atoms with Crippen molar-refractivity contribution >= 4 is 24.0 Å². The summed E-state index contributed by atoms with van der Waals surface area (Å²) in [6, 6.07) is 7.63. The van der Waals surface area contributed by atoms with Crippen molar-refractivity contribution in [1.82, 2.24) is 4.90 Å². The normalized spacial score (nSPS) is 11.1. The number of unbranched alkanes of at least 4 members (excludes halogenated alkanes) is 2. The average molecular weight is 340 g/mol. The van der Waals surface area contributed by atoms with E-state index in [9.17, 15) is 9.59 Å². The highest BCUT2D eigenvalue weighted by Crippen LogP contribution is 2.17. The maximum absolute atomic E-state index is 12.3. The summed E-state index contributed by atoms with van der Waals surface area (Å²) in [5.41, 5.74) is 0.485. The number of amides is 1. The zero-order valence-electron chi connectivity index (χ0n) is 14.2. The van der Waals surface area contributed by atoms with Gasteiger partial charge in [-0.25, -0.2) is 4.79 Å². The number of ether oxygens (including phenoxy) is 1. The van der Waals surface area contributed by atoms with E-state index in [4.69, 9.17) is 16.3 Å². The van der Waals surface area contributed by atoms with Crippen molar-refractivity contribution in [3.8, 4) is 0 Å². The number of hydrogen-bond acceptors (Lipinski definition) is 3. The first-order chi connectivity index (χ1) is 10.8. The third-order valence-corrected chi connectivity index (χ3v) is 3.63. The third kappa shape index (κ3) is 8.03. The monoisotopic (exact) mass is 339 g/mol. The van der Waals surface area contributed by atoms with Crippen LogP contribution in [-0.2, 0) is 16.0 Å². The molecular weight excluding hydrogens is 314 g/mol. The van der Waals surface area contributed by atoms with E-state index in [1.165, 1.54) is 0 Å². The molecule has 0 unspecified atom stereocenters. The van der Waals surface area contributed by atoms with E-state index < -0.39 is 5.60 Å². The van der Waals surface area contributed by atoms with Crippen LogP contribution in [0.1, 0.15) is 45.6 Å². The summed E-state index contributed by atoms with van der Waals surface area (Å²) in [6.45, 7) is 6.67. The van der Waals surface area contributed by atoms with E-state index in [1.807, 2.05) is 45.0 Å². The van der Waals surface area contributed by atoms with Gasteiger partial charge in [0.2, 0.25) is 0 Å². The highest BCUT2D eigenvalue weighted by Gasteiger charge is 2.21. The lowest BCUT2D eigenvalue weighted by Crippen LogP contribution is -2.38. The molecule has 0 aliphatic rings. The third-order valence-electron chi connectivity index (χ3n) is 3.26. The van der Waals surface area contributed by atoms with Crippen molar-refractivity contribution in [2.75, 3.05) is 13.1 Å². The summed E-state index contributed by atoms with van der Waals surface area (Å²) in [5, 5.41) is 0.706. The number of aldehydes is 1. The van der Waals surface area contributed by atoms with Gasteiger partial charge in [-0.05, 0) is 51.7 Å². The minimum absolute atomic E-state index is 0.323. The quantitative estimate of drug-likeness (QED) is 0.518. The van der Waals surface area contributed by atoms with Crippen LogP contribution in [0.2, 0.25) is 5.02 Å². The van der Waals surface area contributed by atoms with Gasteiger partial charge in [0.1, 0.15) is 11.9 Å². The summed E-state index contributed by atoms with van der Waals surface area (Å²) in [6.07, 6.45) is 3.33. The summed E-state index contributed by atoms with van der Waals surface area (Å²) in [7, 11) is 0. The topological polar surface area (TPSA) is 46.6 Å². The second kappa shape index (κ2) is 9.56. The molecule has 1 amide bonds. The van der Waals surface area contributed by atoms with Crippen molar-refractivity contribution in [2.45, 2.75) is 52.1 Å². The molecule has 0 N–H and O–H groups in total. The molecule has 0 aromatic heterocycles. The van der Waals surface area contributed by atoms with E-state index in [2.05, 4.69) is 0 Å². The van der Waals surface area contributed by atoms with Gasteiger partial charge in [0, 0.05) is 24.5 Å². The van der Waals surface area contributed by atoms with Crippen molar-refractivity contribution in [2.24, 2.45) is 0 Å². The van der Waals surface area contributed by atoms with Gasteiger partial charge >= 0.3 is 6.09 Å². The fraction of sp³-hybridized carbons (Fsp3) is 0.556. The van der Waals surface area contributed by atoms with Gasteiger partial charge in [-0.15, -0.1) is 0 Å². The summed E-state index contributed by atoms with van der Waals surface area (Å²) >= 11 is 6.17.